The number of aliphatic hydroxyl groups is 1. The normalized spacial score (nSPS) is 14.6. The maximum Gasteiger partial charge on any atom is 0.328 e. The van der Waals surface area contributed by atoms with Crippen LogP contribution in [0.2, 0.25) is 0 Å². The SMILES string of the molecule is CC(O)C(NC(=O)CNC(=O)C(CC(=O)O)NC(=O)C(N)CCC(N)=O)C(=O)O. The number of carbonyl (C=O) groups excluding carboxylic acids is 4. The number of aliphatic hydroxyl groups excluding tert-OH is 1. The first kappa shape index (κ1) is 25.7. The number of rotatable bonds is 13. The second-order valence-electron chi connectivity index (χ2n) is 6.11. The average molecular weight is 419 g/mol. The van der Waals surface area contributed by atoms with Crippen LogP contribution in [0.25, 0.3) is 0 Å². The minimum absolute atomic E-state index is 0.124. The first-order chi connectivity index (χ1) is 13.3. The Morgan fingerprint density at radius 1 is 1.00 bits per heavy atom. The highest BCUT2D eigenvalue weighted by Crippen LogP contribution is 1.99. The quantitative estimate of drug-likeness (QED) is 0.142. The first-order valence-electron chi connectivity index (χ1n) is 8.39. The van der Waals surface area contributed by atoms with Gasteiger partial charge < -0.3 is 42.7 Å². The summed E-state index contributed by atoms with van der Waals surface area (Å²) < 4.78 is 0. The lowest BCUT2D eigenvalue weighted by Crippen LogP contribution is -2.55. The topological polar surface area (TPSA) is 251 Å². The fourth-order valence-electron chi connectivity index (χ4n) is 2.00. The van der Waals surface area contributed by atoms with Crippen molar-refractivity contribution in [3.63, 3.8) is 0 Å². The molecule has 0 bridgehead atoms. The molecular formula is C15H25N5O9. The summed E-state index contributed by atoms with van der Waals surface area (Å²) >= 11 is 0. The lowest BCUT2D eigenvalue weighted by Gasteiger charge is -2.20. The molecule has 0 radical (unpaired) electrons. The third-order valence-electron chi connectivity index (χ3n) is 3.54. The standard InChI is InChI=1S/C15H25N5O9/c1-6(21)12(15(28)29)20-10(23)5-18-14(27)8(4-11(24)25)19-13(26)7(16)2-3-9(17)22/h6-8,12,21H,2-5,16H2,1H3,(H2,17,22)(H,18,27)(H,19,26)(H,20,23)(H,24,25)(H,28,29). The molecule has 0 spiro atoms. The summed E-state index contributed by atoms with van der Waals surface area (Å²) in [7, 11) is 0. The van der Waals surface area contributed by atoms with Crippen molar-refractivity contribution in [1.82, 2.24) is 16.0 Å². The molecule has 10 N–H and O–H groups in total. The number of nitrogens with one attached hydrogen (secondary N) is 3. The largest absolute Gasteiger partial charge is 0.481 e. The van der Waals surface area contributed by atoms with Gasteiger partial charge in [-0.1, -0.05) is 0 Å². The molecule has 0 aliphatic rings. The number of carboxylic acid groups (broad SMARTS) is 2. The summed E-state index contributed by atoms with van der Waals surface area (Å²) in [6, 6.07) is -4.42. The molecule has 4 unspecified atom stereocenters. The third-order valence-corrected chi connectivity index (χ3v) is 3.54. The molecule has 4 amide bonds. The zero-order chi connectivity index (χ0) is 22.7. The average Bonchev–Trinajstić information content (AvgIpc) is 2.60. The van der Waals surface area contributed by atoms with Gasteiger partial charge in [0.1, 0.15) is 6.04 Å². The van der Waals surface area contributed by atoms with Gasteiger partial charge in [-0.3, -0.25) is 24.0 Å². The van der Waals surface area contributed by atoms with Crippen LogP contribution in [0.4, 0.5) is 0 Å². The second kappa shape index (κ2) is 12.2. The van der Waals surface area contributed by atoms with Gasteiger partial charge in [0.25, 0.3) is 0 Å². The van der Waals surface area contributed by atoms with Gasteiger partial charge in [-0.05, 0) is 13.3 Å². The van der Waals surface area contributed by atoms with Gasteiger partial charge in [0, 0.05) is 6.42 Å². The Labute approximate surface area is 165 Å². The van der Waals surface area contributed by atoms with Crippen LogP contribution in [0.1, 0.15) is 26.2 Å². The van der Waals surface area contributed by atoms with Crippen molar-refractivity contribution in [2.24, 2.45) is 11.5 Å². The van der Waals surface area contributed by atoms with E-state index in [9.17, 15) is 33.9 Å². The molecule has 0 aliphatic carbocycles. The number of carboxylic acids is 2. The monoisotopic (exact) mass is 419 g/mol. The Bertz CT molecular complexity index is 652. The summed E-state index contributed by atoms with van der Waals surface area (Å²) in [4.78, 5) is 68.3. The van der Waals surface area contributed by atoms with Gasteiger partial charge in [-0.2, -0.15) is 0 Å². The first-order valence-corrected chi connectivity index (χ1v) is 8.39. The predicted molar refractivity (Wildman–Crippen MR) is 94.8 cm³/mol. The number of hydrogen-bond donors (Lipinski definition) is 8. The van der Waals surface area contributed by atoms with E-state index in [0.717, 1.165) is 6.92 Å². The Hall–Kier alpha value is -3.26. The van der Waals surface area contributed by atoms with Crippen molar-refractivity contribution in [3.05, 3.63) is 0 Å². The Balaban J connectivity index is 4.85. The van der Waals surface area contributed by atoms with Gasteiger partial charge in [0.05, 0.1) is 25.1 Å². The summed E-state index contributed by atoms with van der Waals surface area (Å²) in [5.74, 6) is -6.54. The van der Waals surface area contributed by atoms with Crippen molar-refractivity contribution >= 4 is 35.6 Å². The molecule has 14 nitrogen and oxygen atoms in total. The smallest absolute Gasteiger partial charge is 0.328 e. The molecule has 0 aromatic rings. The van der Waals surface area contributed by atoms with Crippen LogP contribution in [0.15, 0.2) is 0 Å². The van der Waals surface area contributed by atoms with E-state index in [-0.39, 0.29) is 12.8 Å². The lowest BCUT2D eigenvalue weighted by atomic mass is 10.1. The molecule has 4 atom stereocenters. The fourth-order valence-corrected chi connectivity index (χ4v) is 2.00. The molecule has 14 heteroatoms. The van der Waals surface area contributed by atoms with E-state index in [2.05, 4.69) is 5.32 Å². The highest BCUT2D eigenvalue weighted by molar-refractivity contribution is 5.94. The molecule has 0 heterocycles. The molecule has 0 aromatic heterocycles. The number of carbonyl (C=O) groups is 6. The van der Waals surface area contributed by atoms with E-state index in [0.29, 0.717) is 0 Å². The molecule has 29 heavy (non-hydrogen) atoms. The van der Waals surface area contributed by atoms with Crippen molar-refractivity contribution in [3.8, 4) is 0 Å². The van der Waals surface area contributed by atoms with E-state index in [1.54, 1.807) is 0 Å². The van der Waals surface area contributed by atoms with Crippen LogP contribution in [-0.4, -0.2) is 81.7 Å². The Kier molecular flexibility index (Phi) is 10.9. The number of hydrogen-bond acceptors (Lipinski definition) is 8. The van der Waals surface area contributed by atoms with Crippen molar-refractivity contribution in [1.29, 1.82) is 0 Å². The van der Waals surface area contributed by atoms with E-state index < -0.39 is 72.8 Å². The van der Waals surface area contributed by atoms with E-state index in [1.165, 1.54) is 0 Å². The van der Waals surface area contributed by atoms with Crippen molar-refractivity contribution in [2.75, 3.05) is 6.54 Å². The zero-order valence-corrected chi connectivity index (χ0v) is 15.6. The number of aliphatic carboxylic acids is 2. The van der Waals surface area contributed by atoms with Crippen LogP contribution >= 0.6 is 0 Å². The maximum atomic E-state index is 12.1. The third kappa shape index (κ3) is 10.6. The number of nitrogens with two attached hydrogens (primary N) is 2. The van der Waals surface area contributed by atoms with Gasteiger partial charge in [0.2, 0.25) is 23.6 Å². The Morgan fingerprint density at radius 3 is 2.03 bits per heavy atom. The second-order valence-corrected chi connectivity index (χ2v) is 6.11. The summed E-state index contributed by atoms with van der Waals surface area (Å²) in [6.45, 7) is 0.395. The van der Waals surface area contributed by atoms with Crippen molar-refractivity contribution in [2.45, 2.75) is 50.4 Å². The maximum absolute atomic E-state index is 12.1. The summed E-state index contributed by atoms with van der Waals surface area (Å²) in [6.07, 6.45) is -2.56. The van der Waals surface area contributed by atoms with Crippen LogP contribution < -0.4 is 27.4 Å². The van der Waals surface area contributed by atoms with Gasteiger partial charge in [-0.25, -0.2) is 4.79 Å². The molecule has 0 saturated heterocycles. The molecular weight excluding hydrogens is 394 g/mol. The molecule has 0 fully saturated rings. The van der Waals surface area contributed by atoms with Crippen LogP contribution in [0.5, 0.6) is 0 Å². The van der Waals surface area contributed by atoms with Crippen molar-refractivity contribution < 1.29 is 44.1 Å². The highest BCUT2D eigenvalue weighted by Gasteiger charge is 2.28. The summed E-state index contributed by atoms with van der Waals surface area (Å²) in [5.41, 5.74) is 10.5. The lowest BCUT2D eigenvalue weighted by molar-refractivity contribution is -0.145. The van der Waals surface area contributed by atoms with Gasteiger partial charge in [-0.15, -0.1) is 0 Å². The molecule has 0 aromatic carbocycles. The Morgan fingerprint density at radius 2 is 1.59 bits per heavy atom. The van der Waals surface area contributed by atoms with Gasteiger partial charge in [0.15, 0.2) is 6.04 Å². The number of primary amides is 1. The van der Waals surface area contributed by atoms with E-state index in [1.807, 2.05) is 10.6 Å². The minimum Gasteiger partial charge on any atom is -0.481 e. The van der Waals surface area contributed by atoms with E-state index in [4.69, 9.17) is 21.7 Å². The number of amides is 4. The minimum atomic E-state index is -1.61. The van der Waals surface area contributed by atoms with Gasteiger partial charge >= 0.3 is 11.9 Å². The molecule has 0 rings (SSSR count). The summed E-state index contributed by atoms with van der Waals surface area (Å²) in [5, 5.41) is 33.2. The highest BCUT2D eigenvalue weighted by atomic mass is 16.4. The molecule has 164 valence electrons. The predicted octanol–water partition coefficient (Wildman–Crippen LogP) is -4.39. The van der Waals surface area contributed by atoms with Crippen LogP contribution in [-0.2, 0) is 28.8 Å². The van der Waals surface area contributed by atoms with Crippen LogP contribution in [0, 0.1) is 0 Å². The fraction of sp³-hybridized carbons (Fsp3) is 0.600. The van der Waals surface area contributed by atoms with Crippen LogP contribution in [0.3, 0.4) is 0 Å². The van der Waals surface area contributed by atoms with E-state index >= 15 is 0 Å². The molecule has 0 aliphatic heterocycles. The zero-order valence-electron chi connectivity index (χ0n) is 15.6. The molecule has 0 saturated carbocycles.